The van der Waals surface area contributed by atoms with Crippen molar-refractivity contribution in [1.29, 1.82) is 0 Å². The van der Waals surface area contributed by atoms with Crippen molar-refractivity contribution in [2.45, 2.75) is 55.7 Å². The van der Waals surface area contributed by atoms with Gasteiger partial charge in [0.15, 0.2) is 0 Å². The van der Waals surface area contributed by atoms with Crippen molar-refractivity contribution in [1.82, 2.24) is 13.9 Å². The number of sulfonamides is 1. The summed E-state index contributed by atoms with van der Waals surface area (Å²) in [4.78, 5) is 18.5. The first-order valence-electron chi connectivity index (χ1n) is 14.5. The summed E-state index contributed by atoms with van der Waals surface area (Å²) in [6, 6.07) is 16.9. The fourth-order valence-electron chi connectivity index (χ4n) is 5.80. The molecular weight excluding hydrogens is 626 g/mol. The number of ketones is 1. The van der Waals surface area contributed by atoms with Gasteiger partial charge in [-0.1, -0.05) is 41.9 Å². The number of hydrogen-bond acceptors (Lipinski definition) is 7. The highest BCUT2D eigenvalue weighted by Crippen LogP contribution is 2.27. The van der Waals surface area contributed by atoms with Crippen LogP contribution >= 0.6 is 22.9 Å². The van der Waals surface area contributed by atoms with Gasteiger partial charge in [-0.2, -0.15) is 4.31 Å². The Morgan fingerprint density at radius 2 is 1.72 bits per heavy atom. The zero-order valence-electron chi connectivity index (χ0n) is 24.1. The molecule has 0 radical (unpaired) electrons. The van der Waals surface area contributed by atoms with Crippen molar-refractivity contribution in [3.8, 4) is 0 Å². The van der Waals surface area contributed by atoms with Gasteiger partial charge < -0.3 is 4.57 Å². The summed E-state index contributed by atoms with van der Waals surface area (Å²) in [6.07, 6.45) is 4.89. The molecule has 1 aliphatic rings. The molecule has 1 aliphatic heterocycles. The number of rotatable bonds is 9. The number of benzene rings is 2. The highest BCUT2D eigenvalue weighted by molar-refractivity contribution is 7.91. The van der Waals surface area contributed by atoms with E-state index < -0.39 is 19.9 Å². The molecule has 0 aliphatic carbocycles. The third kappa shape index (κ3) is 7.94. The van der Waals surface area contributed by atoms with Crippen LogP contribution < -0.4 is 0 Å². The maximum Gasteiger partial charge on any atom is 0.252 e. The Bertz CT molecular complexity index is 1800. The Kier molecular flexibility index (Phi) is 10.1. The first-order chi connectivity index (χ1) is 20.5. The number of hydrogen-bond donors (Lipinski definition) is 0. The van der Waals surface area contributed by atoms with Gasteiger partial charge in [0.05, 0.1) is 16.8 Å². The van der Waals surface area contributed by atoms with Gasteiger partial charge in [0.25, 0.3) is 10.0 Å². The monoisotopic (exact) mass is 661 g/mol. The first-order valence-corrected chi connectivity index (χ1v) is 19.2. The van der Waals surface area contributed by atoms with Crippen LogP contribution in [0.2, 0.25) is 5.02 Å². The summed E-state index contributed by atoms with van der Waals surface area (Å²) in [6.45, 7) is 0.942. The van der Waals surface area contributed by atoms with E-state index in [2.05, 4.69) is 6.07 Å². The zero-order valence-corrected chi connectivity index (χ0v) is 27.3. The minimum atomic E-state index is -3.71. The second-order valence-corrected chi connectivity index (χ2v) is 17.0. The van der Waals surface area contributed by atoms with Gasteiger partial charge in [-0.25, -0.2) is 21.8 Å². The Balaban J connectivity index is 1.39. The van der Waals surface area contributed by atoms with E-state index in [-0.39, 0.29) is 34.6 Å². The van der Waals surface area contributed by atoms with Gasteiger partial charge in [-0.05, 0) is 72.9 Å². The van der Waals surface area contributed by atoms with Gasteiger partial charge in [0.2, 0.25) is 0 Å². The van der Waals surface area contributed by atoms with E-state index in [9.17, 15) is 21.6 Å². The molecule has 0 N–H and O–H groups in total. The number of nitrogens with zero attached hydrogens (tertiary/aromatic N) is 3. The SMILES string of the molecule is CS(=O)(=O)CCCn1c(CCC2CCc3ccccc3CCN(S(=O)(=O)c3cccs3)CCC2=O)nc2cc(Cl)ccc21. The molecule has 5 rings (SSSR count). The molecular formula is C31H36ClN3O5S3. The second-order valence-electron chi connectivity index (χ2n) is 11.1. The average Bonchev–Trinajstić information content (AvgIpc) is 3.61. The first kappa shape index (κ1) is 31.8. The Hall–Kier alpha value is -2.57. The van der Waals surface area contributed by atoms with Crippen molar-refractivity contribution in [2.75, 3.05) is 25.1 Å². The van der Waals surface area contributed by atoms with Gasteiger partial charge in [-0.3, -0.25) is 4.79 Å². The minimum absolute atomic E-state index is 0.0496. The van der Waals surface area contributed by atoms with Crippen LogP contribution in [0.25, 0.3) is 11.0 Å². The number of fused-ring (bicyclic) bond motifs is 2. The number of thiophene rings is 1. The number of carbonyl (C=O) groups excluding carboxylic acids is 1. The van der Waals surface area contributed by atoms with E-state index >= 15 is 0 Å². The van der Waals surface area contributed by atoms with Crippen LogP contribution in [0.15, 0.2) is 64.2 Å². The summed E-state index contributed by atoms with van der Waals surface area (Å²) in [5, 5.41) is 2.32. The number of halogens is 1. The van der Waals surface area contributed by atoms with Crippen molar-refractivity contribution < 1.29 is 21.6 Å². The van der Waals surface area contributed by atoms with Crippen LogP contribution in [0, 0.1) is 5.92 Å². The van der Waals surface area contributed by atoms with E-state index in [0.717, 1.165) is 34.4 Å². The number of Topliss-reactive ketones (excluding diaryl/α,β-unsaturated/α-hetero) is 1. The number of aromatic nitrogens is 2. The number of carbonyl (C=O) groups is 1. The van der Waals surface area contributed by atoms with E-state index in [4.69, 9.17) is 16.6 Å². The zero-order chi connectivity index (χ0) is 30.6. The van der Waals surface area contributed by atoms with Crippen molar-refractivity contribution in [3.63, 3.8) is 0 Å². The van der Waals surface area contributed by atoms with Gasteiger partial charge in [0.1, 0.15) is 25.7 Å². The van der Waals surface area contributed by atoms with Crippen LogP contribution in [-0.2, 0) is 50.5 Å². The molecule has 3 heterocycles. The highest BCUT2D eigenvalue weighted by Gasteiger charge is 2.29. The third-order valence-electron chi connectivity index (χ3n) is 8.07. The molecule has 12 heteroatoms. The fraction of sp³-hybridized carbons (Fsp3) is 0.419. The molecule has 1 atom stereocenters. The largest absolute Gasteiger partial charge is 0.328 e. The van der Waals surface area contributed by atoms with E-state index in [0.29, 0.717) is 50.2 Å². The summed E-state index contributed by atoms with van der Waals surface area (Å²) < 4.78 is 54.3. The normalized spacial score (nSPS) is 17.5. The smallest absolute Gasteiger partial charge is 0.252 e. The van der Waals surface area contributed by atoms with Crippen LogP contribution in [-0.4, -0.2) is 61.6 Å². The fourth-order valence-corrected chi connectivity index (χ4v) is 9.20. The minimum Gasteiger partial charge on any atom is -0.328 e. The molecule has 1 unspecified atom stereocenters. The third-order valence-corrected chi connectivity index (χ3v) is 12.6. The van der Waals surface area contributed by atoms with Crippen LogP contribution in [0.1, 0.15) is 42.6 Å². The molecule has 0 saturated carbocycles. The lowest BCUT2D eigenvalue weighted by atomic mass is 9.88. The molecule has 2 aromatic carbocycles. The van der Waals surface area contributed by atoms with Crippen LogP contribution in [0.3, 0.4) is 0 Å². The van der Waals surface area contributed by atoms with Crippen LogP contribution in [0.4, 0.5) is 0 Å². The molecule has 0 spiro atoms. The van der Waals surface area contributed by atoms with E-state index in [1.807, 2.05) is 28.8 Å². The highest BCUT2D eigenvalue weighted by atomic mass is 35.5. The summed E-state index contributed by atoms with van der Waals surface area (Å²) in [5.74, 6) is 0.638. The van der Waals surface area contributed by atoms with Crippen LogP contribution in [0.5, 0.6) is 0 Å². The quantitative estimate of drug-likeness (QED) is 0.232. The standard InChI is InChI=1S/C31H36ClN3O5S3/c1-42(37,38)21-5-17-35-28-13-12-26(32)22-27(28)33-30(35)14-11-25-10-9-23-6-2-3-7-24(23)15-18-34(19-16-29(25)36)43(39,40)31-8-4-20-41-31/h2-4,6-8,12-13,20,22,25H,5,9-11,14-19,21H2,1H3. The Labute approximate surface area is 262 Å². The molecule has 0 amide bonds. The molecule has 4 aromatic rings. The Morgan fingerprint density at radius 3 is 2.44 bits per heavy atom. The predicted molar refractivity (Wildman–Crippen MR) is 172 cm³/mol. The predicted octanol–water partition coefficient (Wildman–Crippen LogP) is 5.57. The number of sulfone groups is 1. The topological polar surface area (TPSA) is 106 Å². The molecule has 230 valence electrons. The van der Waals surface area contributed by atoms with Crippen molar-refractivity contribution >= 4 is 59.6 Å². The lowest BCUT2D eigenvalue weighted by Gasteiger charge is -2.22. The lowest BCUT2D eigenvalue weighted by molar-refractivity contribution is -0.123. The number of imidazole rings is 1. The maximum atomic E-state index is 13.7. The molecule has 2 aromatic heterocycles. The average molecular weight is 662 g/mol. The summed E-state index contributed by atoms with van der Waals surface area (Å²) in [7, 11) is -6.81. The van der Waals surface area contributed by atoms with Gasteiger partial charge in [-0.15, -0.1) is 11.3 Å². The molecule has 0 saturated heterocycles. The second kappa shape index (κ2) is 13.6. The maximum absolute atomic E-state index is 13.7. The molecule has 8 nitrogen and oxygen atoms in total. The van der Waals surface area contributed by atoms with E-state index in [1.54, 1.807) is 29.6 Å². The summed E-state index contributed by atoms with van der Waals surface area (Å²) >= 11 is 7.42. The molecule has 43 heavy (non-hydrogen) atoms. The Morgan fingerprint density at radius 1 is 0.977 bits per heavy atom. The van der Waals surface area contributed by atoms with Crippen molar-refractivity contribution in [3.05, 3.63) is 82.0 Å². The lowest BCUT2D eigenvalue weighted by Crippen LogP contribution is -2.35. The number of aryl methyl sites for hydroxylation is 3. The summed E-state index contributed by atoms with van der Waals surface area (Å²) in [5.41, 5.74) is 3.86. The molecule has 0 bridgehead atoms. The van der Waals surface area contributed by atoms with Crippen molar-refractivity contribution in [2.24, 2.45) is 5.92 Å². The molecule has 0 fully saturated rings. The van der Waals surface area contributed by atoms with E-state index in [1.165, 1.54) is 21.9 Å². The van der Waals surface area contributed by atoms with Gasteiger partial charge in [0, 0.05) is 49.7 Å². The van der Waals surface area contributed by atoms with Gasteiger partial charge >= 0.3 is 0 Å².